The Balaban J connectivity index is 1.61. The first-order valence-electron chi connectivity index (χ1n) is 8.37. The largest absolute Gasteiger partial charge is 0.352 e. The summed E-state index contributed by atoms with van der Waals surface area (Å²) in [4.78, 5) is 26.4. The van der Waals surface area contributed by atoms with Gasteiger partial charge in [0.1, 0.15) is 6.04 Å². The lowest BCUT2D eigenvalue weighted by atomic mass is 9.96. The highest BCUT2D eigenvalue weighted by atomic mass is 32.2. The average Bonchev–Trinajstić information content (AvgIpc) is 2.90. The summed E-state index contributed by atoms with van der Waals surface area (Å²) < 4.78 is 0. The molecule has 0 aromatic heterocycles. The maximum absolute atomic E-state index is 12.6. The molecular weight excluding hydrogens is 284 g/mol. The summed E-state index contributed by atoms with van der Waals surface area (Å²) in [6, 6.07) is 0.0628. The van der Waals surface area contributed by atoms with Gasteiger partial charge in [-0.1, -0.05) is 32.1 Å². The van der Waals surface area contributed by atoms with E-state index in [1.165, 1.54) is 32.1 Å². The molecule has 4 nitrogen and oxygen atoms in total. The first-order chi connectivity index (χ1) is 10.1. The average molecular weight is 310 g/mol. The Morgan fingerprint density at radius 1 is 1.24 bits per heavy atom. The van der Waals surface area contributed by atoms with E-state index in [0.29, 0.717) is 12.5 Å². The molecule has 2 atom stereocenters. The van der Waals surface area contributed by atoms with Gasteiger partial charge in [-0.2, -0.15) is 0 Å². The monoisotopic (exact) mass is 310 g/mol. The summed E-state index contributed by atoms with van der Waals surface area (Å²) in [7, 11) is 0. The zero-order valence-corrected chi connectivity index (χ0v) is 13.7. The molecule has 3 aliphatic rings. The third kappa shape index (κ3) is 3.08. The highest BCUT2D eigenvalue weighted by Gasteiger charge is 2.52. The third-order valence-electron chi connectivity index (χ3n) is 5.20. The van der Waals surface area contributed by atoms with Crippen LogP contribution < -0.4 is 5.32 Å². The lowest BCUT2D eigenvalue weighted by Gasteiger charge is -2.31. The highest BCUT2D eigenvalue weighted by molar-refractivity contribution is 8.01. The molecule has 21 heavy (non-hydrogen) atoms. The molecule has 0 bridgehead atoms. The fourth-order valence-electron chi connectivity index (χ4n) is 3.91. The summed E-state index contributed by atoms with van der Waals surface area (Å²) in [5, 5.41) is 3.23. The van der Waals surface area contributed by atoms with Crippen LogP contribution in [-0.2, 0) is 9.59 Å². The van der Waals surface area contributed by atoms with Crippen LogP contribution in [0.4, 0.5) is 0 Å². The molecule has 2 unspecified atom stereocenters. The number of hydrogen-bond donors (Lipinski definition) is 1. The number of nitrogens with zero attached hydrogens (tertiary/aromatic N) is 1. The van der Waals surface area contributed by atoms with Crippen LogP contribution in [0.1, 0.15) is 64.7 Å². The van der Waals surface area contributed by atoms with Gasteiger partial charge in [0.05, 0.1) is 4.87 Å². The molecule has 2 aliphatic heterocycles. The first-order valence-corrected chi connectivity index (χ1v) is 9.35. The van der Waals surface area contributed by atoms with E-state index in [1.54, 1.807) is 11.8 Å². The van der Waals surface area contributed by atoms with Crippen LogP contribution >= 0.6 is 11.8 Å². The number of carbonyl (C=O) groups excluding carboxylic acids is 2. The molecule has 0 radical (unpaired) electrons. The fourth-order valence-corrected chi connectivity index (χ4v) is 5.34. The number of rotatable bonds is 2. The maximum Gasteiger partial charge on any atom is 0.243 e. The standard InChI is InChI=1S/C16H26N2O2S/c1-16-10-9-14(19)18(16)13(11-21-16)15(20)17-12-7-5-3-2-4-6-8-12/h12-13H,2-11H2,1H3,(H,17,20). The molecule has 1 saturated carbocycles. The summed E-state index contributed by atoms with van der Waals surface area (Å²) in [6.45, 7) is 2.10. The van der Waals surface area contributed by atoms with Gasteiger partial charge in [0.2, 0.25) is 11.8 Å². The van der Waals surface area contributed by atoms with E-state index < -0.39 is 0 Å². The van der Waals surface area contributed by atoms with Crippen molar-refractivity contribution in [2.24, 2.45) is 0 Å². The van der Waals surface area contributed by atoms with E-state index in [2.05, 4.69) is 12.2 Å². The lowest BCUT2D eigenvalue weighted by Crippen LogP contribution is -2.52. The van der Waals surface area contributed by atoms with Crippen LogP contribution in [0.2, 0.25) is 0 Å². The molecule has 2 saturated heterocycles. The van der Waals surface area contributed by atoms with Crippen LogP contribution in [0.3, 0.4) is 0 Å². The summed E-state index contributed by atoms with van der Waals surface area (Å²) in [5.41, 5.74) is 0. The van der Waals surface area contributed by atoms with E-state index in [1.807, 2.05) is 4.90 Å². The second-order valence-electron chi connectivity index (χ2n) is 6.82. The van der Waals surface area contributed by atoms with Crippen molar-refractivity contribution in [3.8, 4) is 0 Å². The van der Waals surface area contributed by atoms with Crippen LogP contribution in [0, 0.1) is 0 Å². The zero-order valence-electron chi connectivity index (χ0n) is 12.9. The second kappa shape index (κ2) is 6.19. The normalized spacial score (nSPS) is 34.4. The van der Waals surface area contributed by atoms with Gasteiger partial charge in [-0.25, -0.2) is 0 Å². The van der Waals surface area contributed by atoms with Gasteiger partial charge >= 0.3 is 0 Å². The molecular formula is C16H26N2O2S. The summed E-state index contributed by atoms with van der Waals surface area (Å²) in [5.74, 6) is 0.980. The second-order valence-corrected chi connectivity index (χ2v) is 8.32. The van der Waals surface area contributed by atoms with Crippen LogP contribution in [0.5, 0.6) is 0 Å². The van der Waals surface area contributed by atoms with Crippen molar-refractivity contribution in [1.29, 1.82) is 0 Å². The molecule has 2 amide bonds. The topological polar surface area (TPSA) is 49.4 Å². The van der Waals surface area contributed by atoms with Crippen molar-refractivity contribution >= 4 is 23.6 Å². The smallest absolute Gasteiger partial charge is 0.243 e. The Morgan fingerprint density at radius 3 is 2.62 bits per heavy atom. The molecule has 0 spiro atoms. The Kier molecular flexibility index (Phi) is 4.48. The Bertz CT molecular complexity index is 421. The zero-order chi connectivity index (χ0) is 14.9. The van der Waals surface area contributed by atoms with Gasteiger partial charge < -0.3 is 10.2 Å². The Morgan fingerprint density at radius 2 is 1.90 bits per heavy atom. The maximum atomic E-state index is 12.6. The molecule has 2 heterocycles. The number of hydrogen-bond acceptors (Lipinski definition) is 3. The van der Waals surface area contributed by atoms with Crippen molar-refractivity contribution in [2.75, 3.05) is 5.75 Å². The van der Waals surface area contributed by atoms with Gasteiger partial charge in [0.15, 0.2) is 0 Å². The summed E-state index contributed by atoms with van der Waals surface area (Å²) in [6.07, 6.45) is 9.99. The molecule has 5 heteroatoms. The minimum absolute atomic E-state index is 0.0760. The van der Waals surface area contributed by atoms with Crippen LogP contribution in [0.15, 0.2) is 0 Å². The van der Waals surface area contributed by atoms with Gasteiger partial charge in [0, 0.05) is 18.2 Å². The molecule has 3 rings (SSSR count). The molecule has 118 valence electrons. The Labute approximate surface area is 131 Å². The van der Waals surface area contributed by atoms with Gasteiger partial charge in [0.25, 0.3) is 0 Å². The first kappa shape index (κ1) is 15.2. The molecule has 0 aromatic rings. The van der Waals surface area contributed by atoms with Crippen molar-refractivity contribution in [3.05, 3.63) is 0 Å². The van der Waals surface area contributed by atoms with Crippen molar-refractivity contribution in [1.82, 2.24) is 10.2 Å². The van der Waals surface area contributed by atoms with Crippen LogP contribution in [-0.4, -0.2) is 39.4 Å². The van der Waals surface area contributed by atoms with Crippen molar-refractivity contribution < 1.29 is 9.59 Å². The van der Waals surface area contributed by atoms with Gasteiger partial charge in [-0.15, -0.1) is 11.8 Å². The predicted octanol–water partition coefficient (Wildman–Crippen LogP) is 2.67. The Hall–Kier alpha value is -0.710. The molecule has 1 aliphatic carbocycles. The van der Waals surface area contributed by atoms with E-state index >= 15 is 0 Å². The number of fused-ring (bicyclic) bond motifs is 1. The van der Waals surface area contributed by atoms with E-state index in [-0.39, 0.29) is 22.7 Å². The quantitative estimate of drug-likeness (QED) is 0.853. The summed E-state index contributed by atoms with van der Waals surface area (Å²) >= 11 is 1.77. The molecule has 1 N–H and O–H groups in total. The number of carbonyl (C=O) groups is 2. The minimum atomic E-state index is -0.250. The van der Waals surface area contributed by atoms with Gasteiger partial charge in [-0.05, 0) is 26.2 Å². The third-order valence-corrected chi connectivity index (χ3v) is 6.70. The highest BCUT2D eigenvalue weighted by Crippen LogP contribution is 2.47. The van der Waals surface area contributed by atoms with E-state index in [0.717, 1.165) is 25.0 Å². The lowest BCUT2D eigenvalue weighted by molar-refractivity contribution is -0.138. The van der Waals surface area contributed by atoms with E-state index in [4.69, 9.17) is 0 Å². The SMILES string of the molecule is CC12CCC(=O)N1C(C(=O)NC1CCCCCCC1)CS2. The predicted molar refractivity (Wildman–Crippen MR) is 85.0 cm³/mol. The fraction of sp³-hybridized carbons (Fsp3) is 0.875. The minimum Gasteiger partial charge on any atom is -0.352 e. The molecule has 3 fully saturated rings. The number of nitrogens with one attached hydrogen (secondary N) is 1. The van der Waals surface area contributed by atoms with Gasteiger partial charge in [-0.3, -0.25) is 9.59 Å². The molecule has 0 aromatic carbocycles. The van der Waals surface area contributed by atoms with Crippen molar-refractivity contribution in [2.45, 2.75) is 81.7 Å². The van der Waals surface area contributed by atoms with Crippen molar-refractivity contribution in [3.63, 3.8) is 0 Å². The number of amides is 2. The number of thioether (sulfide) groups is 1. The van der Waals surface area contributed by atoms with E-state index in [9.17, 15) is 9.59 Å². The van der Waals surface area contributed by atoms with Crippen LogP contribution in [0.25, 0.3) is 0 Å².